The molecule has 136 valence electrons. The van der Waals surface area contributed by atoms with E-state index in [-0.39, 0.29) is 0 Å². The van der Waals surface area contributed by atoms with Crippen LogP contribution in [0.5, 0.6) is 5.75 Å². The number of ether oxygens (including phenoxy) is 1. The van der Waals surface area contributed by atoms with Gasteiger partial charge in [0.2, 0.25) is 0 Å². The Kier molecular flexibility index (Phi) is 6.58. The van der Waals surface area contributed by atoms with E-state index in [1.807, 2.05) is 45.9 Å². The summed E-state index contributed by atoms with van der Waals surface area (Å²) < 4.78 is 5.84. The van der Waals surface area contributed by atoms with Gasteiger partial charge in [0.15, 0.2) is 5.90 Å². The van der Waals surface area contributed by atoms with E-state index in [1.165, 1.54) is 0 Å². The average Bonchev–Trinajstić information content (AvgIpc) is 2.87. The fourth-order valence-corrected chi connectivity index (χ4v) is 3.09. The summed E-state index contributed by atoms with van der Waals surface area (Å²) in [6.45, 7) is 15.4. The van der Waals surface area contributed by atoms with Gasteiger partial charge in [-0.15, -0.1) is 0 Å². The summed E-state index contributed by atoms with van der Waals surface area (Å²) in [5.41, 5.74) is 3.61. The molecule has 0 saturated carbocycles. The molecule has 1 heterocycles. The highest BCUT2D eigenvalue weighted by atomic mass is 35.5. The van der Waals surface area contributed by atoms with Crippen molar-refractivity contribution in [3.05, 3.63) is 57.7 Å². The first kappa shape index (κ1) is 19.7. The maximum absolute atomic E-state index is 6.43. The Morgan fingerprint density at radius 1 is 1.35 bits per heavy atom. The van der Waals surface area contributed by atoms with Crippen molar-refractivity contribution in [3.63, 3.8) is 0 Å². The number of rotatable bonds is 5. The SMILES string of the molecule is C=CC=Nc1ccc(OC(C)=N/C(C)=c2/c(Cl)c(CC)[nH]c2=C)cc1C. The number of aliphatic imine (C=N–C) groups is 2. The zero-order chi connectivity index (χ0) is 19.3. The van der Waals surface area contributed by atoms with Crippen LogP contribution in [-0.2, 0) is 6.42 Å². The second kappa shape index (κ2) is 8.68. The van der Waals surface area contributed by atoms with Gasteiger partial charge in [-0.2, -0.15) is 0 Å². The van der Waals surface area contributed by atoms with Crippen LogP contribution in [0.3, 0.4) is 0 Å². The van der Waals surface area contributed by atoms with E-state index >= 15 is 0 Å². The molecule has 0 atom stereocenters. The lowest BCUT2D eigenvalue weighted by Gasteiger charge is -2.07. The number of aryl methyl sites for hydroxylation is 2. The molecule has 0 amide bonds. The first-order chi connectivity index (χ1) is 12.4. The van der Waals surface area contributed by atoms with Gasteiger partial charge in [-0.05, 0) is 44.0 Å². The summed E-state index contributed by atoms with van der Waals surface area (Å²) in [7, 11) is 0. The Morgan fingerprint density at radius 2 is 2.08 bits per heavy atom. The minimum atomic E-state index is 0.527. The topological polar surface area (TPSA) is 49.7 Å². The van der Waals surface area contributed by atoms with Gasteiger partial charge >= 0.3 is 0 Å². The minimum absolute atomic E-state index is 0.527. The lowest BCUT2D eigenvalue weighted by molar-refractivity contribution is 0.546. The standard InChI is InChI=1S/C21H24ClN3O/c1-7-11-23-19-10-9-17(12-13(19)3)26-16(6)24-14(4)20-15(5)25-18(8-2)21(20)22/h7,9-12,25H,1,5,8H2,2-4,6H3/b20-14+,23-11?,24-16?. The number of nitrogens with one attached hydrogen (secondary N) is 1. The first-order valence-electron chi connectivity index (χ1n) is 8.42. The van der Waals surface area contributed by atoms with Crippen LogP contribution in [0.2, 0.25) is 5.02 Å². The molecular weight excluding hydrogens is 346 g/mol. The predicted octanol–water partition coefficient (Wildman–Crippen LogP) is 4.46. The molecule has 2 rings (SSSR count). The second-order valence-electron chi connectivity index (χ2n) is 5.91. The van der Waals surface area contributed by atoms with E-state index in [4.69, 9.17) is 16.3 Å². The van der Waals surface area contributed by atoms with Crippen LogP contribution in [0.15, 0.2) is 40.8 Å². The summed E-state index contributed by atoms with van der Waals surface area (Å²) >= 11 is 6.43. The van der Waals surface area contributed by atoms with Gasteiger partial charge < -0.3 is 9.72 Å². The number of aromatic nitrogens is 1. The normalized spacial score (nSPS) is 13.2. The molecule has 1 aromatic heterocycles. The summed E-state index contributed by atoms with van der Waals surface area (Å²) in [4.78, 5) is 12.0. The number of nitrogens with zero attached hydrogens (tertiary/aromatic N) is 2. The van der Waals surface area contributed by atoms with Crippen molar-refractivity contribution < 1.29 is 4.74 Å². The quantitative estimate of drug-likeness (QED) is 0.613. The third-order valence-corrected chi connectivity index (χ3v) is 4.30. The third kappa shape index (κ3) is 4.52. The van der Waals surface area contributed by atoms with Crippen LogP contribution in [0.4, 0.5) is 5.69 Å². The molecule has 1 aromatic carbocycles. The third-order valence-electron chi connectivity index (χ3n) is 3.88. The van der Waals surface area contributed by atoms with Gasteiger partial charge in [-0.25, -0.2) is 4.99 Å². The molecule has 0 aliphatic rings. The molecule has 0 fully saturated rings. The maximum Gasteiger partial charge on any atom is 0.191 e. The summed E-state index contributed by atoms with van der Waals surface area (Å²) in [6.07, 6.45) is 4.12. The molecule has 0 unspecified atom stereocenters. The molecule has 2 aromatic rings. The van der Waals surface area contributed by atoms with Crippen molar-refractivity contribution in [2.24, 2.45) is 9.98 Å². The second-order valence-corrected chi connectivity index (χ2v) is 6.28. The van der Waals surface area contributed by atoms with E-state index in [1.54, 1.807) is 12.3 Å². The first-order valence-corrected chi connectivity index (χ1v) is 8.80. The number of benzene rings is 1. The molecular formula is C21H24ClN3O. The van der Waals surface area contributed by atoms with Gasteiger partial charge in [0, 0.05) is 29.4 Å². The Labute approximate surface area is 159 Å². The molecule has 5 heteroatoms. The maximum atomic E-state index is 6.43. The molecule has 0 spiro atoms. The van der Waals surface area contributed by atoms with Crippen molar-refractivity contribution in [2.45, 2.75) is 34.1 Å². The molecule has 0 aliphatic heterocycles. The van der Waals surface area contributed by atoms with Gasteiger partial charge in [0.25, 0.3) is 0 Å². The van der Waals surface area contributed by atoms with E-state index in [0.29, 0.717) is 16.7 Å². The van der Waals surface area contributed by atoms with Crippen molar-refractivity contribution in [3.8, 4) is 5.75 Å². The lowest BCUT2D eigenvalue weighted by Crippen LogP contribution is -2.23. The molecule has 1 N–H and O–H groups in total. The van der Waals surface area contributed by atoms with E-state index < -0.39 is 0 Å². The van der Waals surface area contributed by atoms with Crippen molar-refractivity contribution in [2.75, 3.05) is 0 Å². The molecule has 26 heavy (non-hydrogen) atoms. The van der Waals surface area contributed by atoms with Gasteiger partial charge in [-0.3, -0.25) is 4.99 Å². The summed E-state index contributed by atoms with van der Waals surface area (Å²) in [5, 5.41) is 2.27. The highest BCUT2D eigenvalue weighted by Crippen LogP contribution is 2.24. The number of hydrogen-bond acceptors (Lipinski definition) is 3. The highest BCUT2D eigenvalue weighted by Gasteiger charge is 2.07. The van der Waals surface area contributed by atoms with Crippen molar-refractivity contribution in [1.82, 2.24) is 4.98 Å². The Hall–Kier alpha value is -2.59. The number of halogens is 1. The van der Waals surface area contributed by atoms with Crippen LogP contribution >= 0.6 is 11.6 Å². The van der Waals surface area contributed by atoms with Gasteiger partial charge in [-0.1, -0.05) is 37.8 Å². The Bertz CT molecular complexity index is 983. The highest BCUT2D eigenvalue weighted by molar-refractivity contribution is 6.31. The van der Waals surface area contributed by atoms with E-state index in [9.17, 15) is 0 Å². The Morgan fingerprint density at radius 3 is 2.65 bits per heavy atom. The fourth-order valence-electron chi connectivity index (χ4n) is 2.66. The monoisotopic (exact) mass is 369 g/mol. The van der Waals surface area contributed by atoms with Crippen LogP contribution in [0.1, 0.15) is 32.0 Å². The van der Waals surface area contributed by atoms with E-state index in [2.05, 4.69) is 28.1 Å². The van der Waals surface area contributed by atoms with Crippen molar-refractivity contribution in [1.29, 1.82) is 0 Å². The van der Waals surface area contributed by atoms with Crippen LogP contribution in [0, 0.1) is 6.92 Å². The minimum Gasteiger partial charge on any atom is -0.443 e. The smallest absolute Gasteiger partial charge is 0.191 e. The van der Waals surface area contributed by atoms with Crippen LogP contribution < -0.4 is 15.3 Å². The number of hydrogen-bond donors (Lipinski definition) is 1. The average molecular weight is 370 g/mol. The number of H-pyrrole nitrogens is 1. The number of allylic oxidation sites excluding steroid dienone is 1. The molecule has 0 radical (unpaired) electrons. The molecule has 0 bridgehead atoms. The zero-order valence-electron chi connectivity index (χ0n) is 15.7. The Balaban J connectivity index is 2.31. The largest absolute Gasteiger partial charge is 0.443 e. The zero-order valence-corrected chi connectivity index (χ0v) is 16.4. The summed E-state index contributed by atoms with van der Waals surface area (Å²) in [6, 6.07) is 5.69. The van der Waals surface area contributed by atoms with Gasteiger partial charge in [0.1, 0.15) is 5.75 Å². The van der Waals surface area contributed by atoms with E-state index in [0.717, 1.165) is 39.6 Å². The number of aromatic amines is 1. The molecule has 0 aliphatic carbocycles. The summed E-state index contributed by atoms with van der Waals surface area (Å²) in [5.74, 6) is 1.23. The van der Waals surface area contributed by atoms with Crippen LogP contribution in [0.25, 0.3) is 12.3 Å². The fraction of sp³-hybridized carbons (Fsp3) is 0.238. The molecule has 4 nitrogen and oxygen atoms in total. The van der Waals surface area contributed by atoms with Crippen LogP contribution in [-0.4, -0.2) is 17.1 Å². The lowest BCUT2D eigenvalue weighted by atomic mass is 10.2. The van der Waals surface area contributed by atoms with Gasteiger partial charge in [0.05, 0.1) is 16.4 Å². The molecule has 0 saturated heterocycles. The van der Waals surface area contributed by atoms with Crippen molar-refractivity contribution >= 4 is 41.7 Å². The predicted molar refractivity (Wildman–Crippen MR) is 112 cm³/mol.